The van der Waals surface area contributed by atoms with Gasteiger partial charge in [0.15, 0.2) is 0 Å². The van der Waals surface area contributed by atoms with Crippen molar-refractivity contribution >= 4 is 27.6 Å². The average molecular weight is 399 g/mol. The molecule has 4 aromatic rings. The maximum Gasteiger partial charge on any atom is 0.261 e. The predicted octanol–water partition coefficient (Wildman–Crippen LogP) is 4.79. The molecule has 0 aliphatic heterocycles. The molecule has 1 amide bonds. The molecule has 1 heterocycles. The lowest BCUT2D eigenvalue weighted by molar-refractivity contribution is 0.0691. The van der Waals surface area contributed by atoms with Crippen LogP contribution >= 0.6 is 0 Å². The van der Waals surface area contributed by atoms with Crippen molar-refractivity contribution in [1.29, 1.82) is 0 Å². The predicted molar refractivity (Wildman–Crippen MR) is 121 cm³/mol. The van der Waals surface area contributed by atoms with Crippen LogP contribution in [0, 0.1) is 0 Å². The van der Waals surface area contributed by atoms with Crippen LogP contribution < -0.4 is 5.56 Å². The molecule has 0 aliphatic rings. The number of amides is 1. The van der Waals surface area contributed by atoms with Crippen LogP contribution in [-0.2, 0) is 6.54 Å². The second-order valence-electron chi connectivity index (χ2n) is 7.37. The fourth-order valence-corrected chi connectivity index (χ4v) is 4.03. The van der Waals surface area contributed by atoms with Crippen molar-refractivity contribution in [3.05, 3.63) is 88.5 Å². The van der Waals surface area contributed by atoms with Gasteiger partial charge in [0.2, 0.25) is 0 Å². The van der Waals surface area contributed by atoms with E-state index in [4.69, 9.17) is 4.98 Å². The first-order valence-corrected chi connectivity index (χ1v) is 10.3. The van der Waals surface area contributed by atoms with Gasteiger partial charge in [-0.2, -0.15) is 0 Å². The third-order valence-corrected chi connectivity index (χ3v) is 5.65. The summed E-state index contributed by atoms with van der Waals surface area (Å²) in [5, 5.41) is 2.72. The van der Waals surface area contributed by atoms with Crippen molar-refractivity contribution in [2.24, 2.45) is 0 Å². The molecule has 0 spiro atoms. The molecule has 0 saturated heterocycles. The Morgan fingerprint density at radius 2 is 1.70 bits per heavy atom. The summed E-state index contributed by atoms with van der Waals surface area (Å²) < 4.78 is 1.67. The third-order valence-electron chi connectivity index (χ3n) is 5.65. The second kappa shape index (κ2) is 8.11. The average Bonchev–Trinajstić information content (AvgIpc) is 2.79. The zero-order valence-electron chi connectivity index (χ0n) is 17.5. The highest BCUT2D eigenvalue weighted by Gasteiger charge is 2.25. The van der Waals surface area contributed by atoms with Crippen molar-refractivity contribution in [1.82, 2.24) is 14.5 Å². The van der Waals surface area contributed by atoms with Crippen LogP contribution in [0.3, 0.4) is 0 Å². The SMILES string of the molecule is CCN(C(=O)c1ccc2ccccc2c1)C(C)c1nc2ccccc2c(=O)n1CC. The molecule has 152 valence electrons. The lowest BCUT2D eigenvalue weighted by Gasteiger charge is -2.29. The highest BCUT2D eigenvalue weighted by molar-refractivity contribution is 5.98. The zero-order chi connectivity index (χ0) is 21.3. The summed E-state index contributed by atoms with van der Waals surface area (Å²) in [7, 11) is 0. The molecule has 0 N–H and O–H groups in total. The molecule has 5 nitrogen and oxygen atoms in total. The van der Waals surface area contributed by atoms with E-state index in [0.717, 1.165) is 10.8 Å². The Labute approximate surface area is 175 Å². The lowest BCUT2D eigenvalue weighted by atomic mass is 10.1. The molecule has 0 radical (unpaired) electrons. The molecule has 4 rings (SSSR count). The Morgan fingerprint density at radius 3 is 2.43 bits per heavy atom. The van der Waals surface area contributed by atoms with Crippen LogP contribution in [0.1, 0.15) is 43.0 Å². The molecule has 30 heavy (non-hydrogen) atoms. The monoisotopic (exact) mass is 399 g/mol. The number of carbonyl (C=O) groups is 1. The number of hydrogen-bond donors (Lipinski definition) is 0. The van der Waals surface area contributed by atoms with Crippen molar-refractivity contribution in [2.75, 3.05) is 6.54 Å². The fraction of sp³-hybridized carbons (Fsp3) is 0.240. The van der Waals surface area contributed by atoms with E-state index >= 15 is 0 Å². The first-order valence-electron chi connectivity index (χ1n) is 10.3. The summed E-state index contributed by atoms with van der Waals surface area (Å²) in [5.74, 6) is 0.540. The minimum absolute atomic E-state index is 0.0687. The number of aromatic nitrogens is 2. The van der Waals surface area contributed by atoms with Crippen LogP contribution in [-0.4, -0.2) is 26.9 Å². The number of carbonyl (C=O) groups excluding carboxylic acids is 1. The number of nitrogens with zero attached hydrogens (tertiary/aromatic N) is 3. The van der Waals surface area contributed by atoms with Crippen LogP contribution in [0.5, 0.6) is 0 Å². The van der Waals surface area contributed by atoms with Gasteiger partial charge in [0, 0.05) is 18.7 Å². The Morgan fingerprint density at radius 1 is 1.00 bits per heavy atom. The van der Waals surface area contributed by atoms with E-state index in [1.54, 1.807) is 15.5 Å². The van der Waals surface area contributed by atoms with E-state index in [1.165, 1.54) is 0 Å². The Balaban J connectivity index is 1.77. The molecule has 0 aliphatic carbocycles. The highest BCUT2D eigenvalue weighted by Crippen LogP contribution is 2.24. The summed E-state index contributed by atoms with van der Waals surface area (Å²) in [6, 6.07) is 20.8. The molecule has 0 saturated carbocycles. The van der Waals surface area contributed by atoms with Gasteiger partial charge in [0.25, 0.3) is 11.5 Å². The van der Waals surface area contributed by atoms with E-state index in [1.807, 2.05) is 81.4 Å². The molecular weight excluding hydrogens is 374 g/mol. The number of hydrogen-bond acceptors (Lipinski definition) is 3. The molecule has 5 heteroatoms. The molecule has 0 bridgehead atoms. The van der Waals surface area contributed by atoms with E-state index in [2.05, 4.69) is 0 Å². The van der Waals surface area contributed by atoms with E-state index in [-0.39, 0.29) is 17.5 Å². The molecule has 0 fully saturated rings. The van der Waals surface area contributed by atoms with Gasteiger partial charge in [-0.05, 0) is 55.8 Å². The number of benzene rings is 3. The van der Waals surface area contributed by atoms with Crippen LogP contribution in [0.4, 0.5) is 0 Å². The van der Waals surface area contributed by atoms with Gasteiger partial charge in [0.05, 0.1) is 16.9 Å². The second-order valence-corrected chi connectivity index (χ2v) is 7.37. The van der Waals surface area contributed by atoms with Gasteiger partial charge in [-0.15, -0.1) is 0 Å². The van der Waals surface area contributed by atoms with Crippen LogP contribution in [0.25, 0.3) is 21.7 Å². The fourth-order valence-electron chi connectivity index (χ4n) is 4.03. The lowest BCUT2D eigenvalue weighted by Crippen LogP contribution is -2.37. The maximum absolute atomic E-state index is 13.4. The maximum atomic E-state index is 13.4. The van der Waals surface area contributed by atoms with Gasteiger partial charge < -0.3 is 4.90 Å². The molecule has 1 atom stereocenters. The number of fused-ring (bicyclic) bond motifs is 2. The standard InChI is InChI=1S/C25H25N3O2/c1-4-27(24(29)20-15-14-18-10-6-7-11-19(18)16-20)17(3)23-26-22-13-9-8-12-21(22)25(30)28(23)5-2/h6-17H,4-5H2,1-3H3. The Bertz CT molecular complexity index is 1290. The molecule has 1 aromatic heterocycles. The van der Waals surface area contributed by atoms with Gasteiger partial charge in [-0.25, -0.2) is 4.98 Å². The van der Waals surface area contributed by atoms with E-state index in [9.17, 15) is 9.59 Å². The largest absolute Gasteiger partial charge is 0.329 e. The van der Waals surface area contributed by atoms with Crippen LogP contribution in [0.15, 0.2) is 71.5 Å². The van der Waals surface area contributed by atoms with E-state index in [0.29, 0.717) is 35.4 Å². The van der Waals surface area contributed by atoms with Gasteiger partial charge >= 0.3 is 0 Å². The normalized spacial score (nSPS) is 12.2. The minimum atomic E-state index is -0.341. The summed E-state index contributed by atoms with van der Waals surface area (Å²) >= 11 is 0. The first kappa shape index (κ1) is 19.8. The van der Waals surface area contributed by atoms with Crippen LogP contribution in [0.2, 0.25) is 0 Å². The van der Waals surface area contributed by atoms with Crippen molar-refractivity contribution in [3.8, 4) is 0 Å². The van der Waals surface area contributed by atoms with Gasteiger partial charge in [-0.1, -0.05) is 42.5 Å². The van der Waals surface area contributed by atoms with Crippen molar-refractivity contribution in [2.45, 2.75) is 33.4 Å². The first-order chi connectivity index (χ1) is 14.5. The summed E-state index contributed by atoms with van der Waals surface area (Å²) in [4.78, 5) is 32.9. The molecule has 1 unspecified atom stereocenters. The van der Waals surface area contributed by atoms with Gasteiger partial charge in [0.1, 0.15) is 5.82 Å². The summed E-state index contributed by atoms with van der Waals surface area (Å²) in [5.41, 5.74) is 1.22. The quantitative estimate of drug-likeness (QED) is 0.485. The number of rotatable bonds is 5. The van der Waals surface area contributed by atoms with Crippen molar-refractivity contribution in [3.63, 3.8) is 0 Å². The van der Waals surface area contributed by atoms with Crippen molar-refractivity contribution < 1.29 is 4.79 Å². The van der Waals surface area contributed by atoms with E-state index < -0.39 is 0 Å². The number of para-hydroxylation sites is 1. The topological polar surface area (TPSA) is 55.2 Å². The zero-order valence-corrected chi connectivity index (χ0v) is 17.5. The molecular formula is C25H25N3O2. The Hall–Kier alpha value is -3.47. The third kappa shape index (κ3) is 3.36. The minimum Gasteiger partial charge on any atom is -0.329 e. The highest BCUT2D eigenvalue weighted by atomic mass is 16.2. The Kier molecular flexibility index (Phi) is 5.36. The van der Waals surface area contributed by atoms with Gasteiger partial charge in [-0.3, -0.25) is 14.2 Å². The molecule has 3 aromatic carbocycles. The summed E-state index contributed by atoms with van der Waals surface area (Å²) in [6.07, 6.45) is 0. The smallest absolute Gasteiger partial charge is 0.261 e. The summed E-state index contributed by atoms with van der Waals surface area (Å²) in [6.45, 7) is 6.82.